The maximum atomic E-state index is 12.4. The predicted octanol–water partition coefficient (Wildman–Crippen LogP) is 3.34. The van der Waals surface area contributed by atoms with Crippen LogP contribution in [0.1, 0.15) is 63.0 Å². The normalized spacial score (nSPS) is 22.5. The lowest BCUT2D eigenvalue weighted by atomic mass is 9.82. The van der Waals surface area contributed by atoms with E-state index in [2.05, 4.69) is 17.4 Å². The van der Waals surface area contributed by atoms with Crippen molar-refractivity contribution in [3.8, 4) is 0 Å². The number of carbonyl (C=O) groups excluding carboxylic acids is 1. The van der Waals surface area contributed by atoms with Gasteiger partial charge in [-0.1, -0.05) is 49.6 Å². The molecule has 0 saturated heterocycles. The van der Waals surface area contributed by atoms with Crippen LogP contribution in [-0.4, -0.2) is 16.6 Å². The van der Waals surface area contributed by atoms with Crippen molar-refractivity contribution < 1.29 is 9.90 Å². The van der Waals surface area contributed by atoms with Crippen LogP contribution in [0.3, 0.4) is 0 Å². The molecule has 114 valence electrons. The van der Waals surface area contributed by atoms with Crippen molar-refractivity contribution in [3.05, 3.63) is 35.9 Å². The Bertz CT molecular complexity index is 475. The molecule has 2 fully saturated rings. The first-order valence-electron chi connectivity index (χ1n) is 8.23. The summed E-state index contributed by atoms with van der Waals surface area (Å²) in [6.07, 6.45) is 7.40. The number of amides is 1. The molecule has 2 aliphatic rings. The molecule has 0 radical (unpaired) electrons. The molecule has 3 heteroatoms. The molecule has 1 aromatic rings. The van der Waals surface area contributed by atoms with Crippen molar-refractivity contribution in [2.45, 2.75) is 63.0 Å². The van der Waals surface area contributed by atoms with E-state index >= 15 is 0 Å². The zero-order chi connectivity index (χ0) is 14.7. The van der Waals surface area contributed by atoms with Crippen LogP contribution in [0, 0.1) is 5.92 Å². The lowest BCUT2D eigenvalue weighted by molar-refractivity contribution is -0.128. The number of carbonyl (C=O) groups is 1. The van der Waals surface area contributed by atoms with Crippen molar-refractivity contribution in [2.75, 3.05) is 0 Å². The zero-order valence-electron chi connectivity index (χ0n) is 12.6. The highest BCUT2D eigenvalue weighted by Crippen LogP contribution is 2.41. The second kappa shape index (κ2) is 6.18. The van der Waals surface area contributed by atoms with Crippen LogP contribution >= 0.6 is 0 Å². The molecular formula is C18H25NO2. The third-order valence-electron chi connectivity index (χ3n) is 4.84. The molecule has 1 aromatic carbocycles. The van der Waals surface area contributed by atoms with E-state index in [1.807, 2.05) is 18.2 Å². The Labute approximate surface area is 126 Å². The fourth-order valence-electron chi connectivity index (χ4n) is 3.47. The monoisotopic (exact) mass is 287 g/mol. The maximum absolute atomic E-state index is 12.4. The molecule has 2 N–H and O–H groups in total. The van der Waals surface area contributed by atoms with E-state index in [1.54, 1.807) is 0 Å². The topological polar surface area (TPSA) is 49.3 Å². The minimum Gasteiger partial charge on any atom is -0.389 e. The van der Waals surface area contributed by atoms with Crippen LogP contribution in [0.15, 0.2) is 30.3 Å². The number of aliphatic hydroxyl groups is 1. The summed E-state index contributed by atoms with van der Waals surface area (Å²) in [6.45, 7) is 0. The molecule has 0 bridgehead atoms. The average molecular weight is 287 g/mol. The summed E-state index contributed by atoms with van der Waals surface area (Å²) in [4.78, 5) is 12.4. The van der Waals surface area contributed by atoms with Gasteiger partial charge in [-0.25, -0.2) is 0 Å². The van der Waals surface area contributed by atoms with E-state index in [1.165, 1.54) is 24.8 Å². The van der Waals surface area contributed by atoms with Gasteiger partial charge in [-0.15, -0.1) is 0 Å². The van der Waals surface area contributed by atoms with Gasteiger partial charge in [0.15, 0.2) is 0 Å². The summed E-state index contributed by atoms with van der Waals surface area (Å²) < 4.78 is 0. The highest BCUT2D eigenvalue weighted by atomic mass is 16.3. The third kappa shape index (κ3) is 3.85. The van der Waals surface area contributed by atoms with Gasteiger partial charge in [-0.3, -0.25) is 4.79 Å². The van der Waals surface area contributed by atoms with Crippen molar-refractivity contribution in [2.24, 2.45) is 5.92 Å². The Morgan fingerprint density at radius 1 is 1.19 bits per heavy atom. The van der Waals surface area contributed by atoms with E-state index in [9.17, 15) is 9.90 Å². The first-order chi connectivity index (χ1) is 10.2. The first-order valence-corrected chi connectivity index (χ1v) is 8.23. The van der Waals surface area contributed by atoms with Gasteiger partial charge in [-0.2, -0.15) is 0 Å². The van der Waals surface area contributed by atoms with Crippen LogP contribution in [0.25, 0.3) is 0 Å². The van der Waals surface area contributed by atoms with Crippen molar-refractivity contribution >= 4 is 5.91 Å². The van der Waals surface area contributed by atoms with Crippen LogP contribution < -0.4 is 5.32 Å². The van der Waals surface area contributed by atoms with E-state index in [0.717, 1.165) is 25.7 Å². The molecule has 1 unspecified atom stereocenters. The number of hydrogen-bond acceptors (Lipinski definition) is 2. The predicted molar refractivity (Wildman–Crippen MR) is 82.7 cm³/mol. The largest absolute Gasteiger partial charge is 0.389 e. The summed E-state index contributed by atoms with van der Waals surface area (Å²) in [7, 11) is 0. The van der Waals surface area contributed by atoms with Gasteiger partial charge in [0.2, 0.25) is 5.91 Å². The Hall–Kier alpha value is -1.35. The molecule has 1 amide bonds. The minimum atomic E-state index is -0.771. The molecule has 2 saturated carbocycles. The number of benzene rings is 1. The lowest BCUT2D eigenvalue weighted by Gasteiger charge is -2.32. The van der Waals surface area contributed by atoms with E-state index in [4.69, 9.17) is 0 Å². The fourth-order valence-corrected chi connectivity index (χ4v) is 3.47. The number of nitrogens with one attached hydrogen (secondary N) is 1. The quantitative estimate of drug-likeness (QED) is 0.872. The molecule has 1 atom stereocenters. The summed E-state index contributed by atoms with van der Waals surface area (Å²) in [5, 5.41) is 13.7. The molecule has 0 spiro atoms. The number of hydrogen-bond donors (Lipinski definition) is 2. The standard InChI is InChI=1S/C18H25NO2/c20-16(13-18(21)11-5-2-6-12-18)19-17(15-9-10-15)14-7-3-1-4-8-14/h1,3-4,7-8,15,17,21H,2,5-6,9-13H2,(H,19,20). The first kappa shape index (κ1) is 14.6. The smallest absolute Gasteiger partial charge is 0.223 e. The van der Waals surface area contributed by atoms with Crippen molar-refractivity contribution in [1.29, 1.82) is 0 Å². The van der Waals surface area contributed by atoms with Gasteiger partial charge in [0.05, 0.1) is 18.1 Å². The molecule has 2 aliphatic carbocycles. The van der Waals surface area contributed by atoms with E-state index in [0.29, 0.717) is 5.92 Å². The van der Waals surface area contributed by atoms with E-state index in [-0.39, 0.29) is 18.4 Å². The van der Waals surface area contributed by atoms with Crippen LogP contribution in [-0.2, 0) is 4.79 Å². The molecule has 3 nitrogen and oxygen atoms in total. The van der Waals surface area contributed by atoms with Gasteiger partial charge in [-0.05, 0) is 37.2 Å². The van der Waals surface area contributed by atoms with Gasteiger partial charge in [0.25, 0.3) is 0 Å². The summed E-state index contributed by atoms with van der Waals surface area (Å²) in [5.74, 6) is 0.567. The Balaban J connectivity index is 1.62. The SMILES string of the molecule is O=C(CC1(O)CCCCC1)NC(c1ccccc1)C1CC1. The van der Waals surface area contributed by atoms with Crippen LogP contribution in [0.2, 0.25) is 0 Å². The zero-order valence-corrected chi connectivity index (χ0v) is 12.6. The summed E-state index contributed by atoms with van der Waals surface area (Å²) in [6, 6.07) is 10.3. The Morgan fingerprint density at radius 2 is 1.86 bits per heavy atom. The maximum Gasteiger partial charge on any atom is 0.223 e. The Morgan fingerprint density at radius 3 is 2.48 bits per heavy atom. The fraction of sp³-hybridized carbons (Fsp3) is 0.611. The van der Waals surface area contributed by atoms with Crippen molar-refractivity contribution in [1.82, 2.24) is 5.32 Å². The van der Waals surface area contributed by atoms with Crippen molar-refractivity contribution in [3.63, 3.8) is 0 Å². The number of rotatable bonds is 5. The molecule has 21 heavy (non-hydrogen) atoms. The summed E-state index contributed by atoms with van der Waals surface area (Å²) >= 11 is 0. The minimum absolute atomic E-state index is 0.000142. The Kier molecular flexibility index (Phi) is 4.29. The molecule has 0 aliphatic heterocycles. The summed E-state index contributed by atoms with van der Waals surface area (Å²) in [5.41, 5.74) is 0.414. The highest BCUT2D eigenvalue weighted by molar-refractivity contribution is 5.77. The average Bonchev–Trinajstić information content (AvgIpc) is 3.30. The van der Waals surface area contributed by atoms with Gasteiger partial charge in [0, 0.05) is 0 Å². The second-order valence-corrected chi connectivity index (χ2v) is 6.76. The van der Waals surface area contributed by atoms with Crippen LogP contribution in [0.4, 0.5) is 0 Å². The molecule has 0 aromatic heterocycles. The molecular weight excluding hydrogens is 262 g/mol. The van der Waals surface area contributed by atoms with Gasteiger partial charge >= 0.3 is 0 Å². The van der Waals surface area contributed by atoms with Gasteiger partial charge in [0.1, 0.15) is 0 Å². The highest BCUT2D eigenvalue weighted by Gasteiger charge is 2.36. The van der Waals surface area contributed by atoms with E-state index < -0.39 is 5.60 Å². The lowest BCUT2D eigenvalue weighted by Crippen LogP contribution is -2.40. The third-order valence-corrected chi connectivity index (χ3v) is 4.84. The molecule has 0 heterocycles. The second-order valence-electron chi connectivity index (χ2n) is 6.76. The van der Waals surface area contributed by atoms with Crippen LogP contribution in [0.5, 0.6) is 0 Å². The van der Waals surface area contributed by atoms with Gasteiger partial charge < -0.3 is 10.4 Å². The molecule has 3 rings (SSSR count).